The fraction of sp³-hybridized carbons (Fsp3) is 0.450. The highest BCUT2D eigenvalue weighted by Crippen LogP contribution is 2.33. The van der Waals surface area contributed by atoms with Crippen LogP contribution >= 0.6 is 11.3 Å². The van der Waals surface area contributed by atoms with E-state index in [2.05, 4.69) is 32.0 Å². The van der Waals surface area contributed by atoms with Crippen molar-refractivity contribution in [3.05, 3.63) is 52.7 Å². The number of rotatable bonds is 5. The van der Waals surface area contributed by atoms with E-state index in [0.29, 0.717) is 18.6 Å². The Hall–Kier alpha value is -2.29. The Morgan fingerprint density at radius 2 is 2.00 bits per heavy atom. The summed E-state index contributed by atoms with van der Waals surface area (Å²) in [6.07, 6.45) is -2.80. The molecule has 0 bridgehead atoms. The summed E-state index contributed by atoms with van der Waals surface area (Å²) < 4.78 is 52.8. The molecule has 2 aromatic rings. The molecule has 1 aromatic heterocycles. The van der Waals surface area contributed by atoms with Gasteiger partial charge in [0.05, 0.1) is 17.1 Å². The largest absolute Gasteiger partial charge is 0.416 e. The minimum atomic E-state index is -4.62. The Balaban J connectivity index is 1.64. The normalized spacial score (nSPS) is 16.2. The van der Waals surface area contributed by atoms with Crippen molar-refractivity contribution < 1.29 is 17.6 Å². The molecule has 1 saturated heterocycles. The number of guanidine groups is 1. The summed E-state index contributed by atoms with van der Waals surface area (Å²) in [4.78, 5) is 6.65. The number of hydrogen-bond donors (Lipinski definition) is 2. The van der Waals surface area contributed by atoms with E-state index in [1.54, 1.807) is 11.3 Å². The highest BCUT2D eigenvalue weighted by Gasteiger charge is 2.33. The number of nitrogens with zero attached hydrogens (tertiary/aromatic N) is 2. The van der Waals surface area contributed by atoms with Gasteiger partial charge in [-0.25, -0.2) is 9.38 Å². The molecule has 4 nitrogen and oxygen atoms in total. The standard InChI is InChI=1S/C20H24F4N4S/c1-2-25-19(26-13-14-5-6-15(21)12-17(14)20(22,23)24)27-16-7-9-28(10-8-16)18-4-3-11-29-18/h3-6,11-12,16H,2,7-10,13H2,1H3,(H2,25,26,27). The van der Waals surface area contributed by atoms with Crippen molar-refractivity contribution in [1.29, 1.82) is 0 Å². The zero-order valence-corrected chi connectivity index (χ0v) is 16.9. The molecule has 2 N–H and O–H groups in total. The molecule has 3 rings (SSSR count). The Morgan fingerprint density at radius 1 is 1.24 bits per heavy atom. The SMILES string of the molecule is CCNC(=NCc1ccc(F)cc1C(F)(F)F)NC1CCN(c2cccs2)CC1. The second-order valence-corrected chi connectivity index (χ2v) is 7.78. The number of aliphatic imine (C=N–C) groups is 1. The summed E-state index contributed by atoms with van der Waals surface area (Å²) in [5, 5.41) is 9.71. The molecule has 1 aliphatic rings. The van der Waals surface area contributed by atoms with Crippen molar-refractivity contribution in [2.75, 3.05) is 24.5 Å². The molecule has 1 aromatic carbocycles. The second kappa shape index (κ2) is 9.47. The smallest absolute Gasteiger partial charge is 0.363 e. The first kappa shape index (κ1) is 21.4. The van der Waals surface area contributed by atoms with Gasteiger partial charge < -0.3 is 15.5 Å². The summed E-state index contributed by atoms with van der Waals surface area (Å²) in [5.41, 5.74) is -1.04. The zero-order chi connectivity index (χ0) is 20.9. The number of halogens is 4. The van der Waals surface area contributed by atoms with E-state index in [1.165, 1.54) is 5.00 Å². The summed E-state index contributed by atoms with van der Waals surface area (Å²) in [5.74, 6) is -0.438. The Labute approximate surface area is 171 Å². The van der Waals surface area contributed by atoms with Gasteiger partial charge in [-0.2, -0.15) is 13.2 Å². The van der Waals surface area contributed by atoms with E-state index in [0.717, 1.165) is 38.1 Å². The van der Waals surface area contributed by atoms with Crippen LogP contribution in [0.15, 0.2) is 40.7 Å². The molecule has 0 radical (unpaired) electrons. The zero-order valence-electron chi connectivity index (χ0n) is 16.1. The maximum atomic E-state index is 13.3. The third kappa shape index (κ3) is 5.85. The van der Waals surface area contributed by atoms with E-state index in [1.807, 2.05) is 13.0 Å². The lowest BCUT2D eigenvalue weighted by Gasteiger charge is -2.33. The summed E-state index contributed by atoms with van der Waals surface area (Å²) in [6.45, 7) is 4.13. The average Bonchev–Trinajstić information content (AvgIpc) is 3.21. The monoisotopic (exact) mass is 428 g/mol. The highest BCUT2D eigenvalue weighted by molar-refractivity contribution is 7.14. The highest BCUT2D eigenvalue weighted by atomic mass is 32.1. The van der Waals surface area contributed by atoms with Gasteiger partial charge in [0, 0.05) is 25.7 Å². The first-order valence-electron chi connectivity index (χ1n) is 9.55. The van der Waals surface area contributed by atoms with Crippen LogP contribution in [0.2, 0.25) is 0 Å². The van der Waals surface area contributed by atoms with Gasteiger partial charge in [0.15, 0.2) is 5.96 Å². The summed E-state index contributed by atoms with van der Waals surface area (Å²) in [6, 6.07) is 7.02. The molecule has 158 valence electrons. The molecule has 0 atom stereocenters. The Morgan fingerprint density at radius 3 is 2.62 bits per heavy atom. The molecular weight excluding hydrogens is 404 g/mol. The molecule has 0 saturated carbocycles. The van der Waals surface area contributed by atoms with Crippen LogP contribution in [0.1, 0.15) is 30.9 Å². The number of hydrogen-bond acceptors (Lipinski definition) is 3. The van der Waals surface area contributed by atoms with Gasteiger partial charge in [-0.3, -0.25) is 0 Å². The molecule has 9 heteroatoms. The minimum Gasteiger partial charge on any atom is -0.363 e. The van der Waals surface area contributed by atoms with Gasteiger partial charge in [-0.1, -0.05) is 6.07 Å². The minimum absolute atomic E-state index is 0.0522. The third-order valence-corrected chi connectivity index (χ3v) is 5.71. The van der Waals surface area contributed by atoms with E-state index >= 15 is 0 Å². The Bertz CT molecular complexity index is 812. The van der Waals surface area contributed by atoms with Gasteiger partial charge in [-0.05, 0) is 55.0 Å². The van der Waals surface area contributed by atoms with Gasteiger partial charge in [0.25, 0.3) is 0 Å². The van der Waals surface area contributed by atoms with Crippen molar-refractivity contribution in [2.24, 2.45) is 4.99 Å². The van der Waals surface area contributed by atoms with Gasteiger partial charge in [-0.15, -0.1) is 11.3 Å². The summed E-state index contributed by atoms with van der Waals surface area (Å²) in [7, 11) is 0. The number of anilines is 1. The molecule has 0 spiro atoms. The van der Waals surface area contributed by atoms with Crippen LogP contribution in [0.4, 0.5) is 22.6 Å². The lowest BCUT2D eigenvalue weighted by atomic mass is 10.1. The maximum absolute atomic E-state index is 13.3. The van der Waals surface area contributed by atoms with Crippen molar-refractivity contribution in [1.82, 2.24) is 10.6 Å². The fourth-order valence-corrected chi connectivity index (χ4v) is 4.11. The van der Waals surface area contributed by atoms with Gasteiger partial charge in [0.2, 0.25) is 0 Å². The predicted molar refractivity (Wildman–Crippen MR) is 109 cm³/mol. The van der Waals surface area contributed by atoms with E-state index in [4.69, 9.17) is 0 Å². The van der Waals surface area contributed by atoms with E-state index in [9.17, 15) is 17.6 Å². The second-order valence-electron chi connectivity index (χ2n) is 6.85. The quantitative estimate of drug-likeness (QED) is 0.414. The third-order valence-electron chi connectivity index (χ3n) is 4.78. The van der Waals surface area contributed by atoms with Crippen LogP contribution in [0, 0.1) is 5.82 Å². The molecular formula is C20H24F4N4S. The topological polar surface area (TPSA) is 39.7 Å². The van der Waals surface area contributed by atoms with Gasteiger partial charge >= 0.3 is 6.18 Å². The van der Waals surface area contributed by atoms with Crippen LogP contribution in [0.3, 0.4) is 0 Å². The maximum Gasteiger partial charge on any atom is 0.416 e. The van der Waals surface area contributed by atoms with Gasteiger partial charge in [0.1, 0.15) is 5.82 Å². The lowest BCUT2D eigenvalue weighted by Crippen LogP contribution is -2.48. The van der Waals surface area contributed by atoms with Crippen LogP contribution < -0.4 is 15.5 Å². The molecule has 1 fully saturated rings. The molecule has 0 amide bonds. The first-order chi connectivity index (χ1) is 13.9. The van der Waals surface area contributed by atoms with Crippen molar-refractivity contribution in [2.45, 2.75) is 38.5 Å². The van der Waals surface area contributed by atoms with E-state index in [-0.39, 0.29) is 18.2 Å². The van der Waals surface area contributed by atoms with Crippen molar-refractivity contribution >= 4 is 22.3 Å². The number of thiophene rings is 1. The predicted octanol–water partition coefficient (Wildman–Crippen LogP) is 4.63. The van der Waals surface area contributed by atoms with Crippen LogP contribution in [0.5, 0.6) is 0 Å². The average molecular weight is 428 g/mol. The number of alkyl halides is 3. The van der Waals surface area contributed by atoms with E-state index < -0.39 is 17.6 Å². The first-order valence-corrected chi connectivity index (χ1v) is 10.4. The molecule has 29 heavy (non-hydrogen) atoms. The van der Waals surface area contributed by atoms with Crippen molar-refractivity contribution in [3.8, 4) is 0 Å². The van der Waals surface area contributed by atoms with Crippen LogP contribution in [-0.2, 0) is 12.7 Å². The molecule has 1 aliphatic heterocycles. The number of benzene rings is 1. The number of piperidine rings is 1. The van der Waals surface area contributed by atoms with Crippen LogP contribution in [-0.4, -0.2) is 31.6 Å². The van der Waals surface area contributed by atoms with Crippen molar-refractivity contribution in [3.63, 3.8) is 0 Å². The lowest BCUT2D eigenvalue weighted by molar-refractivity contribution is -0.138. The molecule has 0 unspecified atom stereocenters. The molecule has 0 aliphatic carbocycles. The summed E-state index contributed by atoms with van der Waals surface area (Å²) >= 11 is 1.71. The number of nitrogens with one attached hydrogen (secondary N) is 2. The molecule has 2 heterocycles. The fourth-order valence-electron chi connectivity index (χ4n) is 3.32. The van der Waals surface area contributed by atoms with Crippen LogP contribution in [0.25, 0.3) is 0 Å². The Kier molecular flexibility index (Phi) is 7.00.